The van der Waals surface area contributed by atoms with Gasteiger partial charge in [-0.25, -0.2) is 0 Å². The van der Waals surface area contributed by atoms with Gasteiger partial charge in [0.2, 0.25) is 0 Å². The number of hydrogen-bond acceptors (Lipinski definition) is 5. The highest BCUT2D eigenvalue weighted by atomic mass is 15.1. The van der Waals surface area contributed by atoms with E-state index in [0.29, 0.717) is 0 Å². The van der Waals surface area contributed by atoms with Crippen molar-refractivity contribution in [1.29, 1.82) is 0 Å². The molecule has 0 amide bonds. The van der Waals surface area contributed by atoms with Crippen LogP contribution in [0, 0.1) is 0 Å². The van der Waals surface area contributed by atoms with E-state index >= 15 is 0 Å². The summed E-state index contributed by atoms with van der Waals surface area (Å²) in [5.74, 6) is 0. The maximum Gasteiger partial charge on any atom is 0.0858 e. The molecular formula is C22H19N5. The van der Waals surface area contributed by atoms with E-state index in [-0.39, 0.29) is 0 Å². The Labute approximate surface area is 158 Å². The fourth-order valence-corrected chi connectivity index (χ4v) is 2.24. The lowest BCUT2D eigenvalue weighted by atomic mass is 10.1. The van der Waals surface area contributed by atoms with Crippen LogP contribution in [-0.4, -0.2) is 9.97 Å². The highest BCUT2D eigenvalue weighted by molar-refractivity contribution is 5.61. The minimum Gasteiger partial charge on any atom is -0.399 e. The predicted molar refractivity (Wildman–Crippen MR) is 109 cm³/mol. The molecule has 2 heterocycles. The first-order chi connectivity index (χ1) is 13.3. The van der Waals surface area contributed by atoms with Crippen molar-refractivity contribution in [2.24, 2.45) is 10.2 Å². The Balaban J connectivity index is 0.000000159. The van der Waals surface area contributed by atoms with Crippen LogP contribution < -0.4 is 5.73 Å². The summed E-state index contributed by atoms with van der Waals surface area (Å²) in [6.45, 7) is 0. The van der Waals surface area contributed by atoms with E-state index in [0.717, 1.165) is 17.1 Å². The van der Waals surface area contributed by atoms with E-state index in [1.807, 2.05) is 66.7 Å². The topological polar surface area (TPSA) is 76.5 Å². The standard InChI is InChI=1S/C12H11N3.C10H8N2/c13-10-6-8-12(9-7-10)15-14-11-4-2-1-3-5-11;1-5-11-6-2-9(1)10-3-7-12-8-4-10/h1-9H,13H2;1-8H. The number of nitrogens with zero attached hydrogens (tertiary/aromatic N) is 4. The molecule has 0 bridgehead atoms. The second-order valence-electron chi connectivity index (χ2n) is 5.60. The van der Waals surface area contributed by atoms with E-state index in [2.05, 4.69) is 20.2 Å². The molecule has 0 radical (unpaired) electrons. The Bertz CT molecular complexity index is 916. The number of anilines is 1. The van der Waals surface area contributed by atoms with Gasteiger partial charge < -0.3 is 5.73 Å². The number of hydrogen-bond donors (Lipinski definition) is 1. The Hall–Kier alpha value is -3.86. The molecular weight excluding hydrogens is 334 g/mol. The quantitative estimate of drug-likeness (QED) is 0.372. The number of aromatic nitrogens is 2. The monoisotopic (exact) mass is 353 g/mol. The summed E-state index contributed by atoms with van der Waals surface area (Å²) in [7, 11) is 0. The molecule has 27 heavy (non-hydrogen) atoms. The van der Waals surface area contributed by atoms with Crippen molar-refractivity contribution in [3.8, 4) is 11.1 Å². The molecule has 0 spiro atoms. The van der Waals surface area contributed by atoms with Crippen molar-refractivity contribution in [2.75, 3.05) is 5.73 Å². The van der Waals surface area contributed by atoms with Crippen LogP contribution in [0.25, 0.3) is 11.1 Å². The first kappa shape index (κ1) is 17.9. The summed E-state index contributed by atoms with van der Waals surface area (Å²) >= 11 is 0. The van der Waals surface area contributed by atoms with Gasteiger partial charge in [0.05, 0.1) is 11.4 Å². The van der Waals surface area contributed by atoms with E-state index in [4.69, 9.17) is 5.73 Å². The van der Waals surface area contributed by atoms with Crippen molar-refractivity contribution >= 4 is 17.1 Å². The van der Waals surface area contributed by atoms with E-state index in [9.17, 15) is 0 Å². The van der Waals surface area contributed by atoms with Gasteiger partial charge in [0.25, 0.3) is 0 Å². The Kier molecular flexibility index (Phi) is 6.37. The third kappa shape index (κ3) is 5.86. The molecule has 5 nitrogen and oxygen atoms in total. The maximum absolute atomic E-state index is 5.56. The van der Waals surface area contributed by atoms with E-state index < -0.39 is 0 Å². The first-order valence-corrected chi connectivity index (χ1v) is 8.44. The Morgan fingerprint density at radius 3 is 1.44 bits per heavy atom. The lowest BCUT2D eigenvalue weighted by Crippen LogP contribution is -1.80. The summed E-state index contributed by atoms with van der Waals surface area (Å²) in [6.07, 6.45) is 7.15. The van der Waals surface area contributed by atoms with Gasteiger partial charge in [0, 0.05) is 30.5 Å². The summed E-state index contributed by atoms with van der Waals surface area (Å²) < 4.78 is 0. The third-order valence-corrected chi connectivity index (χ3v) is 3.62. The molecule has 4 rings (SSSR count). The van der Waals surface area contributed by atoms with Gasteiger partial charge in [-0.15, -0.1) is 0 Å². The minimum atomic E-state index is 0.730. The number of nitrogens with two attached hydrogens (primary N) is 1. The molecule has 2 aromatic heterocycles. The van der Waals surface area contributed by atoms with E-state index in [1.54, 1.807) is 36.9 Å². The van der Waals surface area contributed by atoms with Crippen molar-refractivity contribution < 1.29 is 0 Å². The van der Waals surface area contributed by atoms with Crippen LogP contribution in [0.5, 0.6) is 0 Å². The molecule has 0 saturated carbocycles. The van der Waals surface area contributed by atoms with Crippen molar-refractivity contribution in [2.45, 2.75) is 0 Å². The summed E-state index contributed by atoms with van der Waals surface area (Å²) in [5.41, 5.74) is 10.3. The van der Waals surface area contributed by atoms with Crippen LogP contribution >= 0.6 is 0 Å². The molecule has 4 aromatic rings. The first-order valence-electron chi connectivity index (χ1n) is 8.44. The lowest BCUT2D eigenvalue weighted by Gasteiger charge is -1.97. The van der Waals surface area contributed by atoms with E-state index in [1.165, 1.54) is 11.1 Å². The van der Waals surface area contributed by atoms with Crippen LogP contribution in [0.15, 0.2) is 114 Å². The molecule has 0 aliphatic rings. The average Bonchev–Trinajstić information content (AvgIpc) is 2.76. The zero-order valence-corrected chi connectivity index (χ0v) is 14.7. The van der Waals surface area contributed by atoms with Gasteiger partial charge in [0.1, 0.15) is 0 Å². The number of nitrogen functional groups attached to an aromatic ring is 1. The van der Waals surface area contributed by atoms with Crippen LogP contribution in [0.3, 0.4) is 0 Å². The van der Waals surface area contributed by atoms with Crippen molar-refractivity contribution in [3.05, 3.63) is 104 Å². The van der Waals surface area contributed by atoms with Gasteiger partial charge in [-0.05, 0) is 71.8 Å². The van der Waals surface area contributed by atoms with Gasteiger partial charge in [-0.2, -0.15) is 10.2 Å². The number of rotatable bonds is 3. The molecule has 5 heteroatoms. The Morgan fingerprint density at radius 1 is 0.519 bits per heavy atom. The van der Waals surface area contributed by atoms with Gasteiger partial charge in [-0.3, -0.25) is 9.97 Å². The molecule has 0 atom stereocenters. The highest BCUT2D eigenvalue weighted by Crippen LogP contribution is 2.18. The van der Waals surface area contributed by atoms with Crippen LogP contribution in [0.1, 0.15) is 0 Å². The summed E-state index contributed by atoms with van der Waals surface area (Å²) in [4.78, 5) is 7.91. The molecule has 0 unspecified atom stereocenters. The zero-order valence-electron chi connectivity index (χ0n) is 14.7. The molecule has 0 saturated heterocycles. The predicted octanol–water partition coefficient (Wildman–Crippen LogP) is 5.83. The second kappa shape index (κ2) is 9.58. The molecule has 2 aromatic carbocycles. The summed E-state index contributed by atoms with van der Waals surface area (Å²) in [5, 5.41) is 8.18. The van der Waals surface area contributed by atoms with Gasteiger partial charge in [0.15, 0.2) is 0 Å². The van der Waals surface area contributed by atoms with Crippen LogP contribution in [0.4, 0.5) is 17.1 Å². The van der Waals surface area contributed by atoms with Gasteiger partial charge >= 0.3 is 0 Å². The average molecular weight is 353 g/mol. The summed E-state index contributed by atoms with van der Waals surface area (Å²) in [6, 6.07) is 24.8. The lowest BCUT2D eigenvalue weighted by molar-refractivity contribution is 1.23. The Morgan fingerprint density at radius 2 is 0.963 bits per heavy atom. The third-order valence-electron chi connectivity index (χ3n) is 3.62. The molecule has 0 aliphatic carbocycles. The second-order valence-corrected chi connectivity index (χ2v) is 5.60. The molecule has 2 N–H and O–H groups in total. The molecule has 0 aliphatic heterocycles. The molecule has 132 valence electrons. The number of benzene rings is 2. The smallest absolute Gasteiger partial charge is 0.0858 e. The maximum atomic E-state index is 5.56. The number of pyridine rings is 2. The molecule has 0 fully saturated rings. The largest absolute Gasteiger partial charge is 0.399 e. The fourth-order valence-electron chi connectivity index (χ4n) is 2.24. The SMILES string of the molecule is Nc1ccc(N=Nc2ccccc2)cc1.c1cc(-c2ccncc2)ccn1. The normalized spacial score (nSPS) is 10.2. The van der Waals surface area contributed by atoms with Crippen molar-refractivity contribution in [1.82, 2.24) is 9.97 Å². The van der Waals surface area contributed by atoms with Crippen LogP contribution in [-0.2, 0) is 0 Å². The minimum absolute atomic E-state index is 0.730. The zero-order chi connectivity index (χ0) is 18.7. The van der Waals surface area contributed by atoms with Gasteiger partial charge in [-0.1, -0.05) is 18.2 Å². The fraction of sp³-hybridized carbons (Fsp3) is 0. The number of azo groups is 1. The van der Waals surface area contributed by atoms with Crippen LogP contribution in [0.2, 0.25) is 0 Å². The highest BCUT2D eigenvalue weighted by Gasteiger charge is 1.93. The van der Waals surface area contributed by atoms with Crippen molar-refractivity contribution in [3.63, 3.8) is 0 Å².